The normalized spacial score (nSPS) is 10.7. The smallest absolute Gasteiger partial charge is 0.267 e. The van der Waals surface area contributed by atoms with Crippen LogP contribution < -0.4 is 10.9 Å². The van der Waals surface area contributed by atoms with Crippen molar-refractivity contribution < 1.29 is 0 Å². The molecule has 1 aromatic heterocycles. The molecule has 0 saturated heterocycles. The van der Waals surface area contributed by atoms with Crippen molar-refractivity contribution in [1.29, 1.82) is 0 Å². The van der Waals surface area contributed by atoms with Crippen LogP contribution in [0.25, 0.3) is 0 Å². The zero-order valence-electron chi connectivity index (χ0n) is 8.88. The first-order valence-corrected chi connectivity index (χ1v) is 5.60. The van der Waals surface area contributed by atoms with E-state index < -0.39 is 0 Å². The van der Waals surface area contributed by atoms with Crippen LogP contribution in [-0.4, -0.2) is 41.5 Å². The van der Waals surface area contributed by atoms with E-state index in [4.69, 9.17) is 0 Å². The fourth-order valence-corrected chi connectivity index (χ4v) is 1.39. The van der Waals surface area contributed by atoms with E-state index in [1.807, 2.05) is 7.05 Å². The highest BCUT2D eigenvalue weighted by Gasteiger charge is 2.04. The first kappa shape index (κ1) is 12.2. The molecule has 0 radical (unpaired) electrons. The lowest BCUT2D eigenvalue weighted by Gasteiger charge is -2.14. The summed E-state index contributed by atoms with van der Waals surface area (Å²) in [5.41, 5.74) is -0.170. The average Bonchev–Trinajstić information content (AvgIpc) is 2.24. The molecule has 0 saturated carbocycles. The van der Waals surface area contributed by atoms with Gasteiger partial charge in [-0.1, -0.05) is 6.92 Å². The molecule has 0 aliphatic carbocycles. The standard InChI is InChI=1S/C9H15BrN4O/c1-3-14(2)5-4-11-8-7(10)9(15)13-6-12-8/h6H,3-5H2,1-2H3,(H2,11,12,13,15). The number of halogens is 1. The van der Waals surface area contributed by atoms with Gasteiger partial charge in [0, 0.05) is 13.1 Å². The third kappa shape index (κ3) is 3.64. The highest BCUT2D eigenvalue weighted by molar-refractivity contribution is 9.10. The van der Waals surface area contributed by atoms with Gasteiger partial charge in [-0.3, -0.25) is 4.79 Å². The van der Waals surface area contributed by atoms with Crippen molar-refractivity contribution in [2.24, 2.45) is 0 Å². The molecule has 0 aromatic carbocycles. The van der Waals surface area contributed by atoms with Gasteiger partial charge in [-0.05, 0) is 29.5 Å². The lowest BCUT2D eigenvalue weighted by Crippen LogP contribution is -2.25. The number of hydrogen-bond acceptors (Lipinski definition) is 4. The molecule has 0 unspecified atom stereocenters. The lowest BCUT2D eigenvalue weighted by atomic mass is 10.5. The number of anilines is 1. The zero-order valence-corrected chi connectivity index (χ0v) is 10.5. The fraction of sp³-hybridized carbons (Fsp3) is 0.556. The molecule has 0 fully saturated rings. The SMILES string of the molecule is CCN(C)CCNc1nc[nH]c(=O)c1Br. The van der Waals surface area contributed by atoms with Crippen LogP contribution in [0.1, 0.15) is 6.92 Å². The summed E-state index contributed by atoms with van der Waals surface area (Å²) in [4.78, 5) is 19.9. The van der Waals surface area contributed by atoms with Gasteiger partial charge < -0.3 is 15.2 Å². The van der Waals surface area contributed by atoms with E-state index in [0.717, 1.165) is 19.6 Å². The van der Waals surface area contributed by atoms with Crippen LogP contribution >= 0.6 is 15.9 Å². The van der Waals surface area contributed by atoms with Crippen LogP contribution in [0.15, 0.2) is 15.6 Å². The minimum atomic E-state index is -0.170. The molecule has 1 aromatic rings. The van der Waals surface area contributed by atoms with Gasteiger partial charge in [0.2, 0.25) is 0 Å². The topological polar surface area (TPSA) is 61.0 Å². The second-order valence-electron chi connectivity index (χ2n) is 3.22. The van der Waals surface area contributed by atoms with Crippen LogP contribution in [0.3, 0.4) is 0 Å². The molecule has 0 amide bonds. The van der Waals surface area contributed by atoms with Gasteiger partial charge in [-0.15, -0.1) is 0 Å². The minimum Gasteiger partial charge on any atom is -0.368 e. The van der Waals surface area contributed by atoms with Crippen LogP contribution in [0.4, 0.5) is 5.82 Å². The molecule has 1 heterocycles. The van der Waals surface area contributed by atoms with E-state index in [1.165, 1.54) is 6.33 Å². The molecule has 84 valence electrons. The first-order valence-electron chi connectivity index (χ1n) is 4.80. The second-order valence-corrected chi connectivity index (χ2v) is 4.01. The molecule has 2 N–H and O–H groups in total. The number of rotatable bonds is 5. The van der Waals surface area contributed by atoms with Crippen molar-refractivity contribution in [3.8, 4) is 0 Å². The summed E-state index contributed by atoms with van der Waals surface area (Å²) in [6.07, 6.45) is 1.39. The van der Waals surface area contributed by atoms with Gasteiger partial charge in [-0.2, -0.15) is 0 Å². The number of likely N-dealkylation sites (N-methyl/N-ethyl adjacent to an activating group) is 1. The third-order valence-electron chi connectivity index (χ3n) is 2.12. The summed E-state index contributed by atoms with van der Waals surface area (Å²) < 4.78 is 0.448. The van der Waals surface area contributed by atoms with Crippen LogP contribution in [0.5, 0.6) is 0 Å². The third-order valence-corrected chi connectivity index (χ3v) is 2.86. The minimum absolute atomic E-state index is 0.170. The Kier molecular flexibility index (Phi) is 4.77. The number of hydrogen-bond donors (Lipinski definition) is 2. The van der Waals surface area contributed by atoms with Gasteiger partial charge in [0.25, 0.3) is 5.56 Å². The molecule has 5 nitrogen and oxygen atoms in total. The van der Waals surface area contributed by atoms with E-state index in [2.05, 4.69) is 43.0 Å². The molecule has 0 atom stereocenters. The van der Waals surface area contributed by atoms with Crippen molar-refractivity contribution in [3.63, 3.8) is 0 Å². The number of H-pyrrole nitrogens is 1. The van der Waals surface area contributed by atoms with Crippen molar-refractivity contribution >= 4 is 21.7 Å². The van der Waals surface area contributed by atoms with Gasteiger partial charge in [0.05, 0.1) is 6.33 Å². The zero-order chi connectivity index (χ0) is 11.3. The Labute approximate surface area is 97.0 Å². The van der Waals surface area contributed by atoms with E-state index in [-0.39, 0.29) is 5.56 Å². The van der Waals surface area contributed by atoms with E-state index in [1.54, 1.807) is 0 Å². The molecule has 0 aliphatic rings. The average molecular weight is 275 g/mol. The molecule has 0 aliphatic heterocycles. The van der Waals surface area contributed by atoms with E-state index >= 15 is 0 Å². The Hall–Kier alpha value is -0.880. The monoisotopic (exact) mass is 274 g/mol. The summed E-state index contributed by atoms with van der Waals surface area (Å²) in [5.74, 6) is 0.586. The molecule has 0 bridgehead atoms. The van der Waals surface area contributed by atoms with Crippen molar-refractivity contribution in [3.05, 3.63) is 21.2 Å². The molecular formula is C9H15BrN4O. The number of aromatic amines is 1. The molecule has 0 spiro atoms. The Bertz CT molecular complexity index is 365. The molecule has 1 rings (SSSR count). The predicted octanol–water partition coefficient (Wildman–Crippen LogP) is 0.896. The van der Waals surface area contributed by atoms with Crippen LogP contribution in [-0.2, 0) is 0 Å². The first-order chi connectivity index (χ1) is 7.15. The van der Waals surface area contributed by atoms with Gasteiger partial charge >= 0.3 is 0 Å². The Morgan fingerprint density at radius 1 is 1.67 bits per heavy atom. The highest BCUT2D eigenvalue weighted by Crippen LogP contribution is 2.12. The maximum absolute atomic E-state index is 11.2. The molecular weight excluding hydrogens is 260 g/mol. The maximum Gasteiger partial charge on any atom is 0.267 e. The Morgan fingerprint density at radius 3 is 3.07 bits per heavy atom. The largest absolute Gasteiger partial charge is 0.368 e. The summed E-state index contributed by atoms with van der Waals surface area (Å²) in [7, 11) is 2.04. The Balaban J connectivity index is 2.51. The molecule has 6 heteroatoms. The second kappa shape index (κ2) is 5.87. The highest BCUT2D eigenvalue weighted by atomic mass is 79.9. The van der Waals surface area contributed by atoms with Gasteiger partial charge in [-0.25, -0.2) is 4.98 Å². The number of nitrogens with one attached hydrogen (secondary N) is 2. The van der Waals surface area contributed by atoms with E-state index in [9.17, 15) is 4.79 Å². The van der Waals surface area contributed by atoms with Gasteiger partial charge in [0.1, 0.15) is 10.3 Å². The van der Waals surface area contributed by atoms with Crippen molar-refractivity contribution in [2.75, 3.05) is 32.0 Å². The van der Waals surface area contributed by atoms with Crippen molar-refractivity contribution in [2.45, 2.75) is 6.92 Å². The van der Waals surface area contributed by atoms with Crippen LogP contribution in [0.2, 0.25) is 0 Å². The lowest BCUT2D eigenvalue weighted by molar-refractivity contribution is 0.367. The summed E-state index contributed by atoms with van der Waals surface area (Å²) >= 11 is 3.18. The molecule has 15 heavy (non-hydrogen) atoms. The Morgan fingerprint density at radius 2 is 2.40 bits per heavy atom. The maximum atomic E-state index is 11.2. The number of nitrogens with zero attached hydrogens (tertiary/aromatic N) is 2. The quantitative estimate of drug-likeness (QED) is 0.838. The fourth-order valence-electron chi connectivity index (χ4n) is 1.03. The van der Waals surface area contributed by atoms with Gasteiger partial charge in [0.15, 0.2) is 0 Å². The predicted molar refractivity (Wildman–Crippen MR) is 64.2 cm³/mol. The summed E-state index contributed by atoms with van der Waals surface area (Å²) in [5, 5.41) is 3.10. The summed E-state index contributed by atoms with van der Waals surface area (Å²) in [6, 6.07) is 0. The van der Waals surface area contributed by atoms with E-state index in [0.29, 0.717) is 10.3 Å². The van der Waals surface area contributed by atoms with Crippen LogP contribution in [0, 0.1) is 0 Å². The van der Waals surface area contributed by atoms with Crippen molar-refractivity contribution in [1.82, 2.24) is 14.9 Å². The number of aromatic nitrogens is 2. The summed E-state index contributed by atoms with van der Waals surface area (Å²) in [6.45, 7) is 4.78.